The molecule has 40 heavy (non-hydrogen) atoms. The van der Waals surface area contributed by atoms with E-state index in [1.54, 1.807) is 25.5 Å². The minimum atomic E-state index is -4.86. The van der Waals surface area contributed by atoms with Gasteiger partial charge in [0, 0.05) is 18.2 Å². The molecule has 1 aliphatic heterocycles. The van der Waals surface area contributed by atoms with Crippen LogP contribution in [0.25, 0.3) is 11.5 Å². The van der Waals surface area contributed by atoms with Gasteiger partial charge in [-0.2, -0.15) is 5.10 Å². The Morgan fingerprint density at radius 2 is 1.95 bits per heavy atom. The van der Waals surface area contributed by atoms with Crippen LogP contribution >= 0.6 is 0 Å². The molecule has 0 spiro atoms. The molecule has 2 fully saturated rings. The lowest BCUT2D eigenvalue weighted by Crippen LogP contribution is -2.43. The van der Waals surface area contributed by atoms with Crippen LogP contribution in [0.15, 0.2) is 35.3 Å². The Labute approximate surface area is 226 Å². The maximum atomic E-state index is 13.0. The summed E-state index contributed by atoms with van der Waals surface area (Å²) in [5.41, 5.74) is 0.309. The number of rotatable bonds is 7. The van der Waals surface area contributed by atoms with Gasteiger partial charge in [0.15, 0.2) is 0 Å². The Balaban J connectivity index is 1.31. The van der Waals surface area contributed by atoms with Crippen molar-refractivity contribution in [1.29, 1.82) is 0 Å². The van der Waals surface area contributed by atoms with Gasteiger partial charge in [0.25, 0.3) is 0 Å². The Kier molecular flexibility index (Phi) is 7.14. The van der Waals surface area contributed by atoms with Gasteiger partial charge in [-0.25, -0.2) is 9.78 Å². The van der Waals surface area contributed by atoms with E-state index in [4.69, 9.17) is 9.15 Å². The molecular formula is C25H28F3N7O5. The molecule has 214 valence electrons. The van der Waals surface area contributed by atoms with Gasteiger partial charge in [-0.3, -0.25) is 9.48 Å². The normalized spacial score (nSPS) is 19.5. The second kappa shape index (κ2) is 10.4. The highest BCUT2D eigenvalue weighted by molar-refractivity contribution is 5.90. The molecule has 1 saturated carbocycles. The van der Waals surface area contributed by atoms with E-state index in [1.165, 1.54) is 35.8 Å². The molecule has 1 aliphatic carbocycles. The highest BCUT2D eigenvalue weighted by Crippen LogP contribution is 2.45. The van der Waals surface area contributed by atoms with Crippen molar-refractivity contribution < 1.29 is 36.7 Å². The fourth-order valence-corrected chi connectivity index (χ4v) is 4.62. The van der Waals surface area contributed by atoms with E-state index in [2.05, 4.69) is 30.3 Å². The molecule has 15 heteroatoms. The zero-order valence-electron chi connectivity index (χ0n) is 22.0. The molecule has 3 heterocycles. The van der Waals surface area contributed by atoms with Crippen LogP contribution in [0.3, 0.4) is 0 Å². The second-order valence-electron chi connectivity index (χ2n) is 10.8. The maximum absolute atomic E-state index is 13.0. The van der Waals surface area contributed by atoms with Crippen molar-refractivity contribution in [3.8, 4) is 17.2 Å². The van der Waals surface area contributed by atoms with Crippen LogP contribution in [0.2, 0.25) is 0 Å². The van der Waals surface area contributed by atoms with Crippen LogP contribution in [-0.2, 0) is 11.3 Å². The van der Waals surface area contributed by atoms with Gasteiger partial charge in [-0.15, -0.1) is 23.4 Å². The first-order valence-corrected chi connectivity index (χ1v) is 12.7. The van der Waals surface area contributed by atoms with Gasteiger partial charge in [0.05, 0.1) is 12.6 Å². The third-order valence-electron chi connectivity index (χ3n) is 6.37. The Morgan fingerprint density at radius 3 is 2.60 bits per heavy atom. The van der Waals surface area contributed by atoms with Crippen LogP contribution in [0.1, 0.15) is 62.2 Å². The van der Waals surface area contributed by atoms with Crippen LogP contribution < -0.4 is 10.1 Å². The number of hydrogen-bond acceptors (Lipinski definition) is 9. The third-order valence-corrected chi connectivity index (χ3v) is 6.37. The number of aromatic nitrogens is 5. The van der Waals surface area contributed by atoms with Crippen LogP contribution in [-0.4, -0.2) is 72.5 Å². The highest BCUT2D eigenvalue weighted by atomic mass is 19.4. The van der Waals surface area contributed by atoms with Gasteiger partial charge in [0.2, 0.25) is 5.89 Å². The van der Waals surface area contributed by atoms with Crippen molar-refractivity contribution in [2.45, 2.75) is 76.5 Å². The molecule has 1 N–H and O–H groups in total. The first-order valence-electron chi connectivity index (χ1n) is 12.7. The molecule has 2 unspecified atom stereocenters. The van der Waals surface area contributed by atoms with Gasteiger partial charge < -0.3 is 24.1 Å². The third kappa shape index (κ3) is 6.69. The zero-order valence-corrected chi connectivity index (χ0v) is 22.0. The maximum Gasteiger partial charge on any atom is 0.573 e. The van der Waals surface area contributed by atoms with E-state index in [0.717, 1.165) is 18.4 Å². The minimum absolute atomic E-state index is 0.0921. The number of alkyl halides is 3. The largest absolute Gasteiger partial charge is 0.573 e. The lowest BCUT2D eigenvalue weighted by atomic mass is 10.0. The number of nitrogens with zero attached hydrogens (tertiary/aromatic N) is 6. The number of amides is 2. The predicted molar refractivity (Wildman–Crippen MR) is 131 cm³/mol. The average molecular weight is 564 g/mol. The predicted octanol–water partition coefficient (Wildman–Crippen LogP) is 3.91. The summed E-state index contributed by atoms with van der Waals surface area (Å²) >= 11 is 0. The number of ether oxygens (including phenoxy) is 2. The second-order valence-corrected chi connectivity index (χ2v) is 10.8. The number of halogens is 3. The van der Waals surface area contributed by atoms with Gasteiger partial charge in [0.1, 0.15) is 24.0 Å². The molecule has 3 aromatic rings. The first kappa shape index (κ1) is 27.4. The van der Waals surface area contributed by atoms with E-state index in [-0.39, 0.29) is 35.8 Å². The van der Waals surface area contributed by atoms with Crippen LogP contribution in [0.4, 0.5) is 18.0 Å². The number of likely N-dealkylation sites (tertiary alicyclic amines) is 1. The quantitative estimate of drug-likeness (QED) is 0.453. The first-order chi connectivity index (χ1) is 18.8. The van der Waals surface area contributed by atoms with Gasteiger partial charge in [-0.05, 0) is 63.6 Å². The summed E-state index contributed by atoms with van der Waals surface area (Å²) in [5, 5.41) is 14.6. The van der Waals surface area contributed by atoms with Crippen LogP contribution in [0.5, 0.6) is 5.75 Å². The van der Waals surface area contributed by atoms with Gasteiger partial charge >= 0.3 is 24.3 Å². The fourth-order valence-electron chi connectivity index (χ4n) is 4.62. The molecule has 5 rings (SSSR count). The molecule has 2 aromatic heterocycles. The number of benzene rings is 1. The molecule has 0 radical (unpaired) electrons. The molecule has 1 aromatic carbocycles. The summed E-state index contributed by atoms with van der Waals surface area (Å²) in [6.07, 6.45) is -0.322. The zero-order chi connectivity index (χ0) is 28.7. The summed E-state index contributed by atoms with van der Waals surface area (Å²) in [7, 11) is 0. The average Bonchev–Trinajstić information content (AvgIpc) is 3.21. The van der Waals surface area contributed by atoms with Crippen molar-refractivity contribution in [3.05, 3.63) is 42.3 Å². The summed E-state index contributed by atoms with van der Waals surface area (Å²) in [4.78, 5) is 31.4. The lowest BCUT2D eigenvalue weighted by Gasteiger charge is -2.28. The molecule has 1 saturated heterocycles. The molecule has 2 atom stereocenters. The smallest absolute Gasteiger partial charge is 0.444 e. The molecule has 2 aliphatic rings. The SMILES string of the molecule is CC(C)(C)OC(=O)N1CC(NC(=O)c2nnc(-c3cc(OC(F)(F)F)ccc3C3CC3)o2)CC1Cn1cncn1. The Hall–Kier alpha value is -4.17. The molecular weight excluding hydrogens is 535 g/mol. The monoisotopic (exact) mass is 563 g/mol. The number of hydrogen-bond donors (Lipinski definition) is 1. The Morgan fingerprint density at radius 1 is 1.18 bits per heavy atom. The number of nitrogens with one attached hydrogen (secondary N) is 1. The summed E-state index contributed by atoms with van der Waals surface area (Å²) in [6.45, 7) is 5.80. The van der Waals surface area contributed by atoms with Gasteiger partial charge in [-0.1, -0.05) is 6.07 Å². The molecule has 2 amide bonds. The number of carbonyl (C=O) groups is 2. The fraction of sp³-hybridized carbons (Fsp3) is 0.520. The van der Waals surface area contributed by atoms with Crippen molar-refractivity contribution >= 4 is 12.0 Å². The van der Waals surface area contributed by atoms with E-state index >= 15 is 0 Å². The molecule has 12 nitrogen and oxygen atoms in total. The lowest BCUT2D eigenvalue weighted by molar-refractivity contribution is -0.274. The molecule has 0 bridgehead atoms. The standard InChI is InChI=1S/C25H28F3N7O5/c1-24(2,3)40-23(37)35-10-15(8-16(35)11-34-13-29-12-30-34)31-20(36)22-33-32-21(38-22)19-9-17(39-25(26,27)28)6-7-18(19)14-4-5-14/h6-7,9,12-16H,4-5,8,10-11H2,1-3H3,(H,31,36). The highest BCUT2D eigenvalue weighted by Gasteiger charge is 2.39. The van der Waals surface area contributed by atoms with Crippen molar-refractivity contribution in [3.63, 3.8) is 0 Å². The summed E-state index contributed by atoms with van der Waals surface area (Å²) in [5.74, 6) is -1.40. The summed E-state index contributed by atoms with van der Waals surface area (Å²) in [6, 6.07) is 3.16. The van der Waals surface area contributed by atoms with E-state index in [9.17, 15) is 22.8 Å². The van der Waals surface area contributed by atoms with E-state index in [1.807, 2.05) is 0 Å². The van der Waals surface area contributed by atoms with E-state index in [0.29, 0.717) is 13.0 Å². The van der Waals surface area contributed by atoms with E-state index < -0.39 is 35.8 Å². The topological polar surface area (TPSA) is 138 Å². The number of carbonyl (C=O) groups excluding carboxylic acids is 2. The van der Waals surface area contributed by atoms with Crippen LogP contribution in [0, 0.1) is 0 Å². The van der Waals surface area contributed by atoms with Crippen molar-refractivity contribution in [1.82, 2.24) is 35.2 Å². The Bertz CT molecular complexity index is 1370. The minimum Gasteiger partial charge on any atom is -0.444 e. The summed E-state index contributed by atoms with van der Waals surface area (Å²) < 4.78 is 55.1. The van der Waals surface area contributed by atoms with Crippen molar-refractivity contribution in [2.75, 3.05) is 6.54 Å². The van der Waals surface area contributed by atoms with Crippen molar-refractivity contribution in [2.24, 2.45) is 0 Å².